The molecule has 0 aromatic heterocycles. The van der Waals surface area contributed by atoms with Crippen LogP contribution in [0.5, 0.6) is 0 Å². The number of primary amides is 1. The molecule has 0 rings (SSSR count). The number of carbonyl (C=O) groups excluding carboxylic acids is 5. The van der Waals surface area contributed by atoms with Gasteiger partial charge in [-0.15, -0.1) is 0 Å². The molecule has 10 heteroatoms. The van der Waals surface area contributed by atoms with Crippen molar-refractivity contribution < 1.29 is 24.0 Å². The maximum absolute atomic E-state index is 12.0. The highest BCUT2D eigenvalue weighted by molar-refractivity contribution is 5.92. The van der Waals surface area contributed by atoms with Crippen LogP contribution in [0.1, 0.15) is 27.2 Å². The first-order chi connectivity index (χ1) is 11.1. The zero-order chi connectivity index (χ0) is 18.7. The summed E-state index contributed by atoms with van der Waals surface area (Å²) in [6.45, 7) is 4.11. The third-order valence-electron chi connectivity index (χ3n) is 2.74. The van der Waals surface area contributed by atoms with Crippen LogP contribution >= 0.6 is 0 Å². The van der Waals surface area contributed by atoms with Gasteiger partial charge in [-0.05, 0) is 12.3 Å². The van der Waals surface area contributed by atoms with E-state index in [0.29, 0.717) is 6.42 Å². The molecule has 0 aliphatic carbocycles. The zero-order valence-corrected chi connectivity index (χ0v) is 14.1. The summed E-state index contributed by atoms with van der Waals surface area (Å²) in [6, 6.07) is -0.843. The molecular weight excluding hydrogens is 318 g/mol. The van der Waals surface area contributed by atoms with Crippen LogP contribution in [0.2, 0.25) is 0 Å². The Balaban J connectivity index is 4.43. The molecular formula is C14H25N5O5. The molecule has 0 spiro atoms. The number of nitrogens with two attached hydrogens (primary N) is 1. The second-order valence-electron chi connectivity index (χ2n) is 5.62. The maximum Gasteiger partial charge on any atom is 0.243 e. The van der Waals surface area contributed by atoms with E-state index in [-0.39, 0.29) is 31.5 Å². The van der Waals surface area contributed by atoms with Gasteiger partial charge < -0.3 is 27.0 Å². The fourth-order valence-electron chi connectivity index (χ4n) is 1.69. The topological polar surface area (TPSA) is 159 Å². The summed E-state index contributed by atoms with van der Waals surface area (Å²) in [5.74, 6) is -2.56. The summed E-state index contributed by atoms with van der Waals surface area (Å²) in [5.41, 5.74) is 4.96. The highest BCUT2D eigenvalue weighted by Gasteiger charge is 2.22. The predicted octanol–water partition coefficient (Wildman–Crippen LogP) is -2.63. The molecule has 0 saturated carbocycles. The maximum atomic E-state index is 12.0. The molecule has 0 aromatic rings. The molecule has 10 nitrogen and oxygen atoms in total. The molecule has 6 N–H and O–H groups in total. The van der Waals surface area contributed by atoms with E-state index in [9.17, 15) is 24.0 Å². The van der Waals surface area contributed by atoms with Crippen LogP contribution in [-0.2, 0) is 24.0 Å². The lowest BCUT2D eigenvalue weighted by molar-refractivity contribution is -0.131. The largest absolute Gasteiger partial charge is 0.368 e. The summed E-state index contributed by atoms with van der Waals surface area (Å²) in [7, 11) is 0. The van der Waals surface area contributed by atoms with Crippen molar-refractivity contribution in [3.8, 4) is 0 Å². The molecule has 0 bridgehead atoms. The summed E-state index contributed by atoms with van der Waals surface area (Å²) in [6.07, 6.45) is 0.357. The van der Waals surface area contributed by atoms with Crippen LogP contribution in [0.15, 0.2) is 0 Å². The fraction of sp³-hybridized carbons (Fsp3) is 0.643. The third kappa shape index (κ3) is 11.0. The van der Waals surface area contributed by atoms with Crippen LogP contribution in [0.4, 0.5) is 0 Å². The summed E-state index contributed by atoms with van der Waals surface area (Å²) in [5, 5.41) is 9.42. The second kappa shape index (κ2) is 11.0. The molecule has 0 saturated heterocycles. The zero-order valence-electron chi connectivity index (χ0n) is 14.1. The fourth-order valence-corrected chi connectivity index (χ4v) is 1.69. The van der Waals surface area contributed by atoms with Gasteiger partial charge >= 0.3 is 0 Å². The molecule has 0 heterocycles. The van der Waals surface area contributed by atoms with E-state index in [1.54, 1.807) is 0 Å². The number of rotatable bonds is 10. The van der Waals surface area contributed by atoms with Gasteiger partial charge in [-0.25, -0.2) is 0 Å². The van der Waals surface area contributed by atoms with E-state index in [0.717, 1.165) is 0 Å². The monoisotopic (exact) mass is 343 g/mol. The molecule has 0 aliphatic rings. The number of hydrogen-bond donors (Lipinski definition) is 5. The van der Waals surface area contributed by atoms with E-state index < -0.39 is 29.7 Å². The lowest BCUT2D eigenvalue weighted by atomic mass is 10.0. The highest BCUT2D eigenvalue weighted by Crippen LogP contribution is 2.04. The third-order valence-corrected chi connectivity index (χ3v) is 2.74. The number of hydrogen-bond acceptors (Lipinski definition) is 5. The SMILES string of the molecule is CC(=O)NCC(=O)NCC(=O)N[C@H](CC(C)C)C(=O)NCC(N)=O. The molecule has 0 unspecified atom stereocenters. The molecule has 0 aromatic carbocycles. The van der Waals surface area contributed by atoms with Crippen molar-refractivity contribution in [3.05, 3.63) is 0 Å². The molecule has 5 amide bonds. The molecule has 0 aliphatic heterocycles. The highest BCUT2D eigenvalue weighted by atomic mass is 16.2. The second-order valence-corrected chi connectivity index (χ2v) is 5.62. The van der Waals surface area contributed by atoms with Gasteiger partial charge in [0.05, 0.1) is 19.6 Å². The number of nitrogens with one attached hydrogen (secondary N) is 4. The first-order valence-electron chi connectivity index (χ1n) is 7.48. The van der Waals surface area contributed by atoms with Crippen molar-refractivity contribution in [3.63, 3.8) is 0 Å². The molecule has 0 radical (unpaired) electrons. The van der Waals surface area contributed by atoms with Crippen LogP contribution in [-0.4, -0.2) is 55.2 Å². The van der Waals surface area contributed by atoms with Crippen molar-refractivity contribution in [1.82, 2.24) is 21.3 Å². The van der Waals surface area contributed by atoms with Gasteiger partial charge in [0.2, 0.25) is 29.5 Å². The predicted molar refractivity (Wildman–Crippen MR) is 85.3 cm³/mol. The van der Waals surface area contributed by atoms with Gasteiger partial charge in [0.1, 0.15) is 6.04 Å². The van der Waals surface area contributed by atoms with E-state index in [2.05, 4.69) is 21.3 Å². The van der Waals surface area contributed by atoms with Gasteiger partial charge in [-0.2, -0.15) is 0 Å². The quantitative estimate of drug-likeness (QED) is 0.293. The van der Waals surface area contributed by atoms with Crippen LogP contribution < -0.4 is 27.0 Å². The van der Waals surface area contributed by atoms with Crippen LogP contribution in [0, 0.1) is 5.92 Å². The molecule has 0 fully saturated rings. The van der Waals surface area contributed by atoms with E-state index >= 15 is 0 Å². The van der Waals surface area contributed by atoms with E-state index in [1.165, 1.54) is 6.92 Å². The van der Waals surface area contributed by atoms with Gasteiger partial charge in [0.25, 0.3) is 0 Å². The Morgan fingerprint density at radius 3 is 1.96 bits per heavy atom. The minimum atomic E-state index is -0.843. The van der Waals surface area contributed by atoms with E-state index in [1.807, 2.05) is 13.8 Å². The van der Waals surface area contributed by atoms with Crippen molar-refractivity contribution in [2.24, 2.45) is 11.7 Å². The Hall–Kier alpha value is -2.65. The number of carbonyl (C=O) groups is 5. The first-order valence-corrected chi connectivity index (χ1v) is 7.48. The first kappa shape index (κ1) is 21.4. The minimum absolute atomic E-state index is 0.115. The van der Waals surface area contributed by atoms with Crippen molar-refractivity contribution in [1.29, 1.82) is 0 Å². The van der Waals surface area contributed by atoms with Gasteiger partial charge in [0.15, 0.2) is 0 Å². The smallest absolute Gasteiger partial charge is 0.243 e. The Labute approximate surface area is 140 Å². The molecule has 24 heavy (non-hydrogen) atoms. The summed E-state index contributed by atoms with van der Waals surface area (Å²) in [4.78, 5) is 56.6. The number of amides is 5. The minimum Gasteiger partial charge on any atom is -0.368 e. The van der Waals surface area contributed by atoms with Crippen LogP contribution in [0.3, 0.4) is 0 Å². The average molecular weight is 343 g/mol. The Bertz CT molecular complexity index is 492. The van der Waals surface area contributed by atoms with Gasteiger partial charge in [-0.3, -0.25) is 24.0 Å². The standard InChI is InChI=1S/C14H25N5O5/c1-8(2)4-10(14(24)18-5-11(15)21)19-13(23)7-17-12(22)6-16-9(3)20/h8,10H,4-7H2,1-3H3,(H2,15,21)(H,16,20)(H,17,22)(H,18,24)(H,19,23)/t10-/m1/s1. The van der Waals surface area contributed by atoms with Gasteiger partial charge in [0, 0.05) is 6.92 Å². The summed E-state index contributed by atoms with van der Waals surface area (Å²) >= 11 is 0. The lowest BCUT2D eigenvalue weighted by Gasteiger charge is -2.20. The molecule has 136 valence electrons. The lowest BCUT2D eigenvalue weighted by Crippen LogP contribution is -2.51. The Morgan fingerprint density at radius 1 is 0.875 bits per heavy atom. The van der Waals surface area contributed by atoms with Crippen molar-refractivity contribution >= 4 is 29.5 Å². The Kier molecular flexibility index (Phi) is 9.76. The van der Waals surface area contributed by atoms with Gasteiger partial charge in [-0.1, -0.05) is 13.8 Å². The Morgan fingerprint density at radius 2 is 1.46 bits per heavy atom. The normalized spacial score (nSPS) is 11.3. The summed E-state index contributed by atoms with van der Waals surface area (Å²) < 4.78 is 0. The van der Waals surface area contributed by atoms with Crippen molar-refractivity contribution in [2.75, 3.05) is 19.6 Å². The van der Waals surface area contributed by atoms with Crippen molar-refractivity contribution in [2.45, 2.75) is 33.2 Å². The van der Waals surface area contributed by atoms with E-state index in [4.69, 9.17) is 5.73 Å². The molecule has 1 atom stereocenters. The van der Waals surface area contributed by atoms with Crippen LogP contribution in [0.25, 0.3) is 0 Å². The average Bonchev–Trinajstić information content (AvgIpc) is 2.47.